The van der Waals surface area contributed by atoms with Crippen molar-refractivity contribution in [3.05, 3.63) is 29.0 Å². The summed E-state index contributed by atoms with van der Waals surface area (Å²) in [4.78, 5) is 18.5. The number of pyridine rings is 1. The number of hydrogen-bond donors (Lipinski definition) is 0. The van der Waals surface area contributed by atoms with E-state index < -0.39 is 0 Å². The Morgan fingerprint density at radius 1 is 1.50 bits per heavy atom. The molecule has 0 saturated carbocycles. The van der Waals surface area contributed by atoms with E-state index in [1.165, 1.54) is 6.42 Å². The van der Waals surface area contributed by atoms with Gasteiger partial charge in [-0.3, -0.25) is 4.79 Å². The van der Waals surface area contributed by atoms with Crippen LogP contribution in [0, 0.1) is 0 Å². The lowest BCUT2D eigenvalue weighted by Gasteiger charge is -2.35. The Balaban J connectivity index is 2.15. The van der Waals surface area contributed by atoms with Crippen molar-refractivity contribution in [2.24, 2.45) is 0 Å². The van der Waals surface area contributed by atoms with Crippen LogP contribution in [0.1, 0.15) is 49.5 Å². The fraction of sp³-hybridized carbons (Fsp3) is 0.571. The van der Waals surface area contributed by atoms with Gasteiger partial charge in [0.05, 0.1) is 0 Å². The average Bonchev–Trinajstić information content (AvgIpc) is 2.39. The molecule has 98 valence electrons. The van der Waals surface area contributed by atoms with Gasteiger partial charge in [0.15, 0.2) is 0 Å². The lowest BCUT2D eigenvalue weighted by Crippen LogP contribution is -2.43. The van der Waals surface area contributed by atoms with Gasteiger partial charge in [-0.1, -0.05) is 31.0 Å². The Bertz CT molecular complexity index is 420. The van der Waals surface area contributed by atoms with E-state index in [2.05, 4.69) is 11.9 Å². The number of aromatic nitrogens is 1. The largest absolute Gasteiger partial charge is 0.334 e. The first kappa shape index (κ1) is 13.3. The van der Waals surface area contributed by atoms with Crippen LogP contribution in [-0.2, 0) is 0 Å². The molecule has 4 heteroatoms. The fourth-order valence-electron chi connectivity index (χ4n) is 2.58. The molecule has 3 nitrogen and oxygen atoms in total. The van der Waals surface area contributed by atoms with Crippen molar-refractivity contribution in [2.45, 2.75) is 45.1 Å². The van der Waals surface area contributed by atoms with E-state index in [0.717, 1.165) is 32.2 Å². The van der Waals surface area contributed by atoms with Gasteiger partial charge >= 0.3 is 0 Å². The minimum absolute atomic E-state index is 0.0238. The molecule has 1 aliphatic rings. The summed E-state index contributed by atoms with van der Waals surface area (Å²) < 4.78 is 0. The normalized spacial score (nSPS) is 19.9. The van der Waals surface area contributed by atoms with Gasteiger partial charge in [0.25, 0.3) is 5.91 Å². The third kappa shape index (κ3) is 3.02. The molecular weight excluding hydrogens is 248 g/mol. The monoisotopic (exact) mass is 266 g/mol. The Morgan fingerprint density at radius 3 is 3.06 bits per heavy atom. The summed E-state index contributed by atoms with van der Waals surface area (Å²) in [6, 6.07) is 5.59. The molecule has 0 N–H and O–H groups in total. The second-order valence-corrected chi connectivity index (χ2v) is 5.17. The summed E-state index contributed by atoms with van der Waals surface area (Å²) in [7, 11) is 0. The highest BCUT2D eigenvalue weighted by Gasteiger charge is 2.27. The third-order valence-electron chi connectivity index (χ3n) is 3.44. The summed E-state index contributed by atoms with van der Waals surface area (Å²) in [5.74, 6) is 0.0238. The van der Waals surface area contributed by atoms with Gasteiger partial charge in [-0.25, -0.2) is 4.98 Å². The van der Waals surface area contributed by atoms with Crippen LogP contribution in [0.3, 0.4) is 0 Å². The Hall–Kier alpha value is -1.09. The van der Waals surface area contributed by atoms with Crippen LogP contribution in [0.25, 0.3) is 0 Å². The van der Waals surface area contributed by atoms with Crippen molar-refractivity contribution in [2.75, 3.05) is 6.54 Å². The zero-order chi connectivity index (χ0) is 13.0. The number of hydrogen-bond acceptors (Lipinski definition) is 2. The van der Waals surface area contributed by atoms with E-state index >= 15 is 0 Å². The number of nitrogens with zero attached hydrogens (tertiary/aromatic N) is 2. The molecule has 1 aromatic heterocycles. The molecule has 1 saturated heterocycles. The molecule has 18 heavy (non-hydrogen) atoms. The molecule has 0 aromatic carbocycles. The fourth-order valence-corrected chi connectivity index (χ4v) is 2.74. The molecular formula is C14H19ClN2O. The highest BCUT2D eigenvalue weighted by molar-refractivity contribution is 6.29. The van der Waals surface area contributed by atoms with E-state index in [9.17, 15) is 4.79 Å². The van der Waals surface area contributed by atoms with Gasteiger partial charge in [0.2, 0.25) is 0 Å². The highest BCUT2D eigenvalue weighted by atomic mass is 35.5. The molecule has 0 aliphatic carbocycles. The first-order chi connectivity index (χ1) is 8.72. The van der Waals surface area contributed by atoms with E-state index in [-0.39, 0.29) is 5.91 Å². The predicted octanol–water partition coefficient (Wildman–Crippen LogP) is 3.53. The first-order valence-electron chi connectivity index (χ1n) is 6.66. The zero-order valence-electron chi connectivity index (χ0n) is 10.7. The summed E-state index contributed by atoms with van der Waals surface area (Å²) in [6.07, 6.45) is 5.60. The van der Waals surface area contributed by atoms with Crippen molar-refractivity contribution in [1.29, 1.82) is 0 Å². The zero-order valence-corrected chi connectivity index (χ0v) is 11.5. The summed E-state index contributed by atoms with van der Waals surface area (Å²) >= 11 is 5.84. The molecule has 1 atom stereocenters. The molecule has 2 heterocycles. The smallest absolute Gasteiger partial charge is 0.272 e. The maximum absolute atomic E-state index is 12.4. The van der Waals surface area contributed by atoms with Crippen LogP contribution >= 0.6 is 11.6 Å². The molecule has 1 unspecified atom stereocenters. The van der Waals surface area contributed by atoms with Crippen LogP contribution in [-0.4, -0.2) is 28.4 Å². The van der Waals surface area contributed by atoms with Crippen molar-refractivity contribution in [1.82, 2.24) is 9.88 Å². The molecule has 1 aliphatic heterocycles. The first-order valence-corrected chi connectivity index (χ1v) is 7.03. The number of piperidine rings is 1. The second kappa shape index (κ2) is 6.19. The van der Waals surface area contributed by atoms with Gasteiger partial charge in [-0.15, -0.1) is 0 Å². The number of amides is 1. The van der Waals surface area contributed by atoms with E-state index in [4.69, 9.17) is 11.6 Å². The van der Waals surface area contributed by atoms with Gasteiger partial charge in [-0.2, -0.15) is 0 Å². The Morgan fingerprint density at radius 2 is 2.33 bits per heavy atom. The molecule has 1 amide bonds. The Kier molecular flexibility index (Phi) is 4.59. The van der Waals surface area contributed by atoms with E-state index in [0.29, 0.717) is 16.9 Å². The van der Waals surface area contributed by atoms with Crippen molar-refractivity contribution < 1.29 is 4.79 Å². The second-order valence-electron chi connectivity index (χ2n) is 4.78. The lowest BCUT2D eigenvalue weighted by molar-refractivity contribution is 0.0594. The van der Waals surface area contributed by atoms with Gasteiger partial charge in [-0.05, 0) is 37.8 Å². The summed E-state index contributed by atoms with van der Waals surface area (Å²) in [6.45, 7) is 3.01. The SMILES string of the molecule is CCCC1CCCCN1C(=O)c1cccc(Cl)n1. The van der Waals surface area contributed by atoms with Crippen LogP contribution in [0.15, 0.2) is 18.2 Å². The van der Waals surface area contributed by atoms with Crippen molar-refractivity contribution >= 4 is 17.5 Å². The van der Waals surface area contributed by atoms with Crippen molar-refractivity contribution in [3.8, 4) is 0 Å². The molecule has 1 aromatic rings. The predicted molar refractivity (Wildman–Crippen MR) is 72.8 cm³/mol. The standard InChI is InChI=1S/C14H19ClN2O/c1-2-6-11-7-3-4-10-17(11)14(18)12-8-5-9-13(15)16-12/h5,8-9,11H,2-4,6-7,10H2,1H3. The van der Waals surface area contributed by atoms with Gasteiger partial charge < -0.3 is 4.90 Å². The van der Waals surface area contributed by atoms with Gasteiger partial charge in [0.1, 0.15) is 10.8 Å². The van der Waals surface area contributed by atoms with Crippen LogP contribution in [0.4, 0.5) is 0 Å². The van der Waals surface area contributed by atoms with Crippen molar-refractivity contribution in [3.63, 3.8) is 0 Å². The number of carbonyl (C=O) groups is 1. The quantitative estimate of drug-likeness (QED) is 0.784. The van der Waals surface area contributed by atoms with E-state index in [1.807, 2.05) is 4.90 Å². The number of likely N-dealkylation sites (tertiary alicyclic amines) is 1. The van der Waals surface area contributed by atoms with Crippen LogP contribution in [0.2, 0.25) is 5.15 Å². The maximum Gasteiger partial charge on any atom is 0.272 e. The summed E-state index contributed by atoms with van der Waals surface area (Å²) in [5.41, 5.74) is 0.463. The lowest BCUT2D eigenvalue weighted by atomic mass is 9.98. The number of carbonyl (C=O) groups excluding carboxylic acids is 1. The van der Waals surface area contributed by atoms with E-state index in [1.54, 1.807) is 18.2 Å². The maximum atomic E-state index is 12.4. The molecule has 2 rings (SSSR count). The topological polar surface area (TPSA) is 33.2 Å². The number of halogens is 1. The minimum atomic E-state index is 0.0238. The molecule has 0 bridgehead atoms. The van der Waals surface area contributed by atoms with Crippen LogP contribution < -0.4 is 0 Å². The molecule has 0 radical (unpaired) electrons. The number of rotatable bonds is 3. The van der Waals surface area contributed by atoms with Gasteiger partial charge in [0, 0.05) is 12.6 Å². The molecule has 0 spiro atoms. The summed E-state index contributed by atoms with van der Waals surface area (Å²) in [5, 5.41) is 0.380. The van der Waals surface area contributed by atoms with Crippen LogP contribution in [0.5, 0.6) is 0 Å². The molecule has 1 fully saturated rings. The highest BCUT2D eigenvalue weighted by Crippen LogP contribution is 2.22. The average molecular weight is 267 g/mol. The third-order valence-corrected chi connectivity index (χ3v) is 3.65. The minimum Gasteiger partial charge on any atom is -0.334 e. The Labute approximate surface area is 113 Å².